The van der Waals surface area contributed by atoms with Crippen LogP contribution in [-0.4, -0.2) is 76.6 Å². The Hall–Kier alpha value is -2.32. The second-order valence-corrected chi connectivity index (χ2v) is 6.25. The number of urea groups is 1. The summed E-state index contributed by atoms with van der Waals surface area (Å²) in [7, 11) is 3.19. The number of methoxy groups -OCH3 is 2. The largest absolute Gasteiger partial charge is 0.494 e. The van der Waals surface area contributed by atoms with E-state index in [4.69, 9.17) is 14.2 Å². The van der Waals surface area contributed by atoms with E-state index >= 15 is 0 Å². The average Bonchev–Trinajstić information content (AvgIpc) is 3.02. The molecule has 1 heterocycles. The quantitative estimate of drug-likeness (QED) is 0.666. The van der Waals surface area contributed by atoms with Crippen LogP contribution < -0.4 is 15.0 Å². The van der Waals surface area contributed by atoms with Crippen molar-refractivity contribution in [2.45, 2.75) is 19.4 Å². The van der Waals surface area contributed by atoms with E-state index in [9.17, 15) is 9.59 Å². The summed E-state index contributed by atoms with van der Waals surface area (Å²) >= 11 is 0. The number of benzene rings is 1. The summed E-state index contributed by atoms with van der Waals surface area (Å²) in [6.07, 6.45) is 0.279. The molecule has 2 rings (SSSR count). The van der Waals surface area contributed by atoms with Crippen molar-refractivity contribution in [1.82, 2.24) is 10.2 Å². The second kappa shape index (κ2) is 10.7. The maximum Gasteiger partial charge on any atom is 0.317 e. The Morgan fingerprint density at radius 1 is 1.19 bits per heavy atom. The van der Waals surface area contributed by atoms with Crippen LogP contribution in [0.3, 0.4) is 0 Å². The van der Waals surface area contributed by atoms with Crippen LogP contribution >= 0.6 is 0 Å². The summed E-state index contributed by atoms with van der Waals surface area (Å²) in [5.74, 6) is 0.759. The summed E-state index contributed by atoms with van der Waals surface area (Å²) in [4.78, 5) is 28.2. The minimum atomic E-state index is -0.232. The van der Waals surface area contributed by atoms with Crippen molar-refractivity contribution in [2.75, 3.05) is 58.6 Å². The van der Waals surface area contributed by atoms with Crippen molar-refractivity contribution < 1.29 is 23.8 Å². The summed E-state index contributed by atoms with van der Waals surface area (Å²) in [6, 6.07) is 6.96. The van der Waals surface area contributed by atoms with Gasteiger partial charge in [0.05, 0.1) is 25.9 Å². The number of carbonyl (C=O) groups is 2. The molecule has 1 N–H and O–H groups in total. The fourth-order valence-corrected chi connectivity index (χ4v) is 2.93. The zero-order chi connectivity index (χ0) is 19.6. The normalized spacial score (nSPS) is 16.5. The molecule has 0 aromatic heterocycles. The number of hydrogen-bond acceptors (Lipinski definition) is 5. The van der Waals surface area contributed by atoms with Gasteiger partial charge in [-0.05, 0) is 31.2 Å². The maximum atomic E-state index is 12.5. The van der Waals surface area contributed by atoms with Gasteiger partial charge in [0.15, 0.2) is 0 Å². The Balaban J connectivity index is 1.94. The topological polar surface area (TPSA) is 80.3 Å². The number of ether oxygens (including phenoxy) is 3. The third-order valence-electron chi connectivity index (χ3n) is 4.33. The lowest BCUT2D eigenvalue weighted by Gasteiger charge is -2.24. The highest BCUT2D eigenvalue weighted by molar-refractivity contribution is 5.96. The maximum absolute atomic E-state index is 12.5. The van der Waals surface area contributed by atoms with Crippen LogP contribution in [0.25, 0.3) is 0 Å². The minimum absolute atomic E-state index is 0.00945. The molecule has 27 heavy (non-hydrogen) atoms. The van der Waals surface area contributed by atoms with Gasteiger partial charge in [0, 0.05) is 46.0 Å². The van der Waals surface area contributed by atoms with Crippen LogP contribution in [0.5, 0.6) is 5.75 Å². The van der Waals surface area contributed by atoms with Gasteiger partial charge in [-0.1, -0.05) is 0 Å². The fraction of sp³-hybridized carbons (Fsp3) is 0.579. The van der Waals surface area contributed by atoms with Gasteiger partial charge in [-0.25, -0.2) is 4.79 Å². The molecule has 0 radical (unpaired) electrons. The number of carbonyl (C=O) groups excluding carboxylic acids is 2. The molecule has 1 aromatic carbocycles. The predicted octanol–water partition coefficient (Wildman–Crippen LogP) is 1.49. The van der Waals surface area contributed by atoms with Crippen LogP contribution in [0, 0.1) is 0 Å². The molecule has 3 amide bonds. The summed E-state index contributed by atoms with van der Waals surface area (Å²) in [5, 5.41) is 2.95. The fourth-order valence-electron chi connectivity index (χ4n) is 2.93. The number of nitrogens with one attached hydrogen (secondary N) is 1. The van der Waals surface area contributed by atoms with E-state index < -0.39 is 0 Å². The lowest BCUT2D eigenvalue weighted by Crippen LogP contribution is -2.47. The predicted molar refractivity (Wildman–Crippen MR) is 102 cm³/mol. The highest BCUT2D eigenvalue weighted by atomic mass is 16.5. The van der Waals surface area contributed by atoms with E-state index in [0.717, 1.165) is 11.4 Å². The number of rotatable bonds is 10. The van der Waals surface area contributed by atoms with Crippen LogP contribution in [0.2, 0.25) is 0 Å². The first kappa shape index (κ1) is 21.0. The molecule has 0 spiro atoms. The van der Waals surface area contributed by atoms with E-state index in [1.54, 1.807) is 24.0 Å². The molecule has 1 atom stereocenters. The van der Waals surface area contributed by atoms with Gasteiger partial charge in [0.2, 0.25) is 5.91 Å². The van der Waals surface area contributed by atoms with Gasteiger partial charge in [0.1, 0.15) is 5.75 Å². The smallest absolute Gasteiger partial charge is 0.317 e. The van der Waals surface area contributed by atoms with Crippen LogP contribution in [-0.2, 0) is 14.3 Å². The van der Waals surface area contributed by atoms with Gasteiger partial charge >= 0.3 is 6.03 Å². The molecule has 1 aliphatic heterocycles. The first-order valence-corrected chi connectivity index (χ1v) is 9.15. The van der Waals surface area contributed by atoms with E-state index in [0.29, 0.717) is 39.5 Å². The minimum Gasteiger partial charge on any atom is -0.494 e. The molecule has 1 saturated heterocycles. The zero-order valence-electron chi connectivity index (χ0n) is 16.3. The molecule has 150 valence electrons. The SMILES string of the molecule is CCOc1ccc(N2CC(NC(=O)N(CCOC)CCOC)CC2=O)cc1. The number of hydrogen-bond donors (Lipinski definition) is 1. The van der Waals surface area contributed by atoms with Gasteiger partial charge in [-0.2, -0.15) is 0 Å². The summed E-state index contributed by atoms with van der Waals surface area (Å²) in [6.45, 7) is 4.79. The van der Waals surface area contributed by atoms with Gasteiger partial charge in [-0.3, -0.25) is 4.79 Å². The Labute approximate surface area is 160 Å². The molecular weight excluding hydrogens is 350 g/mol. The van der Waals surface area contributed by atoms with Crippen molar-refractivity contribution in [2.24, 2.45) is 0 Å². The standard InChI is InChI=1S/C19H29N3O5/c1-4-27-17-7-5-16(6-8-17)22-14-15(13-18(22)23)20-19(24)21(9-11-25-2)10-12-26-3/h5-8,15H,4,9-14H2,1-3H3,(H,20,24). The number of nitrogens with zero attached hydrogens (tertiary/aromatic N) is 2. The highest BCUT2D eigenvalue weighted by Gasteiger charge is 2.32. The monoisotopic (exact) mass is 379 g/mol. The van der Waals surface area contributed by atoms with Crippen molar-refractivity contribution in [3.8, 4) is 5.75 Å². The molecule has 1 unspecified atom stereocenters. The van der Waals surface area contributed by atoms with Crippen molar-refractivity contribution in [3.05, 3.63) is 24.3 Å². The van der Waals surface area contributed by atoms with Crippen LogP contribution in [0.15, 0.2) is 24.3 Å². The number of anilines is 1. The molecule has 1 fully saturated rings. The summed E-state index contributed by atoms with van der Waals surface area (Å²) < 4.78 is 15.5. The zero-order valence-corrected chi connectivity index (χ0v) is 16.3. The van der Waals surface area contributed by atoms with E-state index in [1.807, 2.05) is 31.2 Å². The molecule has 1 aromatic rings. The Kier molecular flexibility index (Phi) is 8.35. The Morgan fingerprint density at radius 2 is 1.81 bits per heavy atom. The van der Waals surface area contributed by atoms with Crippen LogP contribution in [0.4, 0.5) is 10.5 Å². The third kappa shape index (κ3) is 6.11. The molecule has 0 saturated carbocycles. The molecule has 1 aliphatic rings. The van der Waals surface area contributed by atoms with Crippen molar-refractivity contribution in [3.63, 3.8) is 0 Å². The first-order valence-electron chi connectivity index (χ1n) is 9.15. The molecule has 0 bridgehead atoms. The average molecular weight is 379 g/mol. The van der Waals surface area contributed by atoms with Gasteiger partial charge in [0.25, 0.3) is 0 Å². The van der Waals surface area contributed by atoms with Crippen molar-refractivity contribution in [1.29, 1.82) is 0 Å². The molecular formula is C19H29N3O5. The van der Waals surface area contributed by atoms with Crippen LogP contribution in [0.1, 0.15) is 13.3 Å². The summed E-state index contributed by atoms with van der Waals surface area (Å²) in [5.41, 5.74) is 0.802. The molecule has 8 heteroatoms. The Bertz CT molecular complexity index is 600. The van der Waals surface area contributed by atoms with Crippen molar-refractivity contribution >= 4 is 17.6 Å². The van der Waals surface area contributed by atoms with E-state index in [-0.39, 0.29) is 24.4 Å². The first-order chi connectivity index (χ1) is 13.1. The molecule has 0 aliphatic carbocycles. The molecule has 8 nitrogen and oxygen atoms in total. The van der Waals surface area contributed by atoms with Gasteiger partial charge in [-0.15, -0.1) is 0 Å². The third-order valence-corrected chi connectivity index (χ3v) is 4.33. The lowest BCUT2D eigenvalue weighted by molar-refractivity contribution is -0.117. The van der Waals surface area contributed by atoms with E-state index in [1.165, 1.54) is 0 Å². The van der Waals surface area contributed by atoms with E-state index in [2.05, 4.69) is 5.32 Å². The second-order valence-electron chi connectivity index (χ2n) is 6.25. The van der Waals surface area contributed by atoms with Gasteiger partial charge < -0.3 is 29.3 Å². The Morgan fingerprint density at radius 3 is 2.37 bits per heavy atom. The number of amides is 3. The lowest BCUT2D eigenvalue weighted by atomic mass is 10.2. The highest BCUT2D eigenvalue weighted by Crippen LogP contribution is 2.24.